The number of hydrogen-bond donors (Lipinski definition) is 8. The minimum Gasteiger partial charge on any atom is -0.492 e. The van der Waals surface area contributed by atoms with E-state index in [0.29, 0.717) is 29.1 Å². The van der Waals surface area contributed by atoms with Crippen LogP contribution in [0.1, 0.15) is 22.0 Å². The second-order valence-electron chi connectivity index (χ2n) is 14.4. The Morgan fingerprint density at radius 1 is 0.891 bits per heavy atom. The first-order valence-corrected chi connectivity index (χ1v) is 18.6. The molecule has 7 rings (SSSR count). The van der Waals surface area contributed by atoms with E-state index in [1.807, 2.05) is 49.3 Å². The van der Waals surface area contributed by atoms with Crippen LogP contribution in [0.2, 0.25) is 0 Å². The van der Waals surface area contributed by atoms with Gasteiger partial charge in [0.15, 0.2) is 6.29 Å². The maximum atomic E-state index is 14.3. The molecule has 55 heavy (non-hydrogen) atoms. The Balaban J connectivity index is 1.15. The summed E-state index contributed by atoms with van der Waals surface area (Å²) in [7, 11) is 3.93. The zero-order valence-electron chi connectivity index (χ0n) is 30.1. The molecule has 11 atom stereocenters. The second kappa shape index (κ2) is 16.5. The van der Waals surface area contributed by atoms with Crippen molar-refractivity contribution in [3.63, 3.8) is 0 Å². The number of amides is 1. The number of aliphatic hydroxyl groups excluding tert-OH is 7. The topological polar surface area (TPSA) is 227 Å². The first kappa shape index (κ1) is 39.6. The number of alkyl halides is 1. The molecule has 298 valence electrons. The molecule has 8 N–H and O–H groups in total. The van der Waals surface area contributed by atoms with Gasteiger partial charge in [0.05, 0.1) is 18.9 Å². The van der Waals surface area contributed by atoms with Crippen LogP contribution in [0.5, 0.6) is 11.5 Å². The average Bonchev–Trinajstić information content (AvgIpc) is 3.78. The van der Waals surface area contributed by atoms with E-state index in [4.69, 9.17) is 35.3 Å². The number of aromatic nitrogens is 1. The Morgan fingerprint density at radius 3 is 2.29 bits per heavy atom. The van der Waals surface area contributed by atoms with Crippen LogP contribution in [0, 0.1) is 0 Å². The number of rotatable bonds is 12. The maximum Gasteiger partial charge on any atom is 0.274 e. The van der Waals surface area contributed by atoms with Crippen molar-refractivity contribution in [1.29, 1.82) is 0 Å². The Kier molecular flexibility index (Phi) is 11.9. The maximum absolute atomic E-state index is 14.3. The minimum absolute atomic E-state index is 0.208. The third kappa shape index (κ3) is 7.75. The zero-order chi connectivity index (χ0) is 39.1. The van der Waals surface area contributed by atoms with Crippen molar-refractivity contribution in [2.75, 3.05) is 57.8 Å². The van der Waals surface area contributed by atoms with Gasteiger partial charge in [-0.25, -0.2) is 0 Å². The summed E-state index contributed by atoms with van der Waals surface area (Å²) in [4.78, 5) is 21.1. The van der Waals surface area contributed by atoms with Crippen molar-refractivity contribution in [3.05, 3.63) is 65.9 Å². The van der Waals surface area contributed by atoms with E-state index in [1.165, 1.54) is 0 Å². The van der Waals surface area contributed by atoms with Crippen LogP contribution in [0.3, 0.4) is 0 Å². The first-order valence-electron chi connectivity index (χ1n) is 18.0. The Morgan fingerprint density at radius 2 is 1.58 bits per heavy atom. The van der Waals surface area contributed by atoms with E-state index in [0.717, 1.165) is 28.4 Å². The fraction of sp³-hybridized carbons (Fsp3) is 0.500. The zero-order valence-corrected chi connectivity index (χ0v) is 30.9. The molecule has 4 aromatic rings. The SMILES string of the molecule is CN(C)CCOc1ccc2[nH]c(C(=O)N3C[C@@H](CCl)c4c3cc(O[C@H]3O[C@H](CO[C@H]5O[C@H](CO)[C@@H](O)[C@H](O)[C@@H]5O)[C@@H](O)[C@H](O)[C@@H]3O)c3ccccc43)cc2c1. The van der Waals surface area contributed by atoms with E-state index in [9.17, 15) is 40.5 Å². The van der Waals surface area contributed by atoms with Crippen LogP contribution in [0.4, 0.5) is 5.69 Å². The second-order valence-corrected chi connectivity index (χ2v) is 14.7. The highest BCUT2D eigenvalue weighted by molar-refractivity contribution is 6.19. The monoisotopic (exact) mass is 787 g/mol. The standard InChI is InChI=1S/C38H46ClN3O13/c1-41(2)9-10-51-20-7-8-23-18(11-20)12-24(40-23)36(50)42-15-19(14-39)29-22-6-4-3-5-21(22)26(13-25(29)42)53-38-35(49)33(47)31(45)28(55-38)17-52-37-34(48)32(46)30(44)27(16-43)54-37/h3-8,11-13,19,27-28,30-35,37-38,40,43-49H,9-10,14-17H2,1-2H3/t19-,27-,28-,30-,31-,32+,33+,34+,35+,37+,38+/m1/s1. The number of nitrogens with one attached hydrogen (secondary N) is 1. The Bertz CT molecular complexity index is 1980. The lowest BCUT2D eigenvalue weighted by molar-refractivity contribution is -0.323. The van der Waals surface area contributed by atoms with Crippen molar-refractivity contribution in [2.45, 2.75) is 67.3 Å². The summed E-state index contributed by atoms with van der Waals surface area (Å²) in [5.74, 6) is 0.588. The van der Waals surface area contributed by atoms with Crippen LogP contribution in [0.25, 0.3) is 21.7 Å². The molecule has 2 saturated heterocycles. The summed E-state index contributed by atoms with van der Waals surface area (Å²) < 4.78 is 29.0. The number of hydrogen-bond acceptors (Lipinski definition) is 14. The number of halogens is 1. The van der Waals surface area contributed by atoms with Crippen LogP contribution < -0.4 is 14.4 Å². The highest BCUT2D eigenvalue weighted by Crippen LogP contribution is 2.46. The van der Waals surface area contributed by atoms with Crippen molar-refractivity contribution in [3.8, 4) is 11.5 Å². The summed E-state index contributed by atoms with van der Waals surface area (Å²) >= 11 is 6.51. The van der Waals surface area contributed by atoms with Gasteiger partial charge in [0.2, 0.25) is 6.29 Å². The molecule has 3 aliphatic heterocycles. The molecule has 2 fully saturated rings. The number of likely N-dealkylation sites (N-methyl/N-ethyl adjacent to an activating group) is 1. The van der Waals surface area contributed by atoms with Crippen molar-refractivity contribution < 1.29 is 64.2 Å². The Hall–Kier alpha value is -3.62. The first-order chi connectivity index (χ1) is 26.4. The average molecular weight is 788 g/mol. The van der Waals surface area contributed by atoms with E-state index in [2.05, 4.69) is 4.98 Å². The van der Waals surface area contributed by atoms with Crippen LogP contribution in [-0.2, 0) is 14.2 Å². The quantitative estimate of drug-likeness (QED) is 0.0902. The molecule has 0 spiro atoms. The molecule has 1 amide bonds. The fourth-order valence-corrected chi connectivity index (χ4v) is 7.56. The molecule has 0 bridgehead atoms. The van der Waals surface area contributed by atoms with Crippen LogP contribution in [-0.4, -0.2) is 166 Å². The number of fused-ring (bicyclic) bond motifs is 4. The van der Waals surface area contributed by atoms with Crippen LogP contribution >= 0.6 is 11.6 Å². The molecular weight excluding hydrogens is 742 g/mol. The predicted molar refractivity (Wildman–Crippen MR) is 198 cm³/mol. The molecule has 16 nitrogen and oxygen atoms in total. The molecule has 17 heteroatoms. The number of H-pyrrole nitrogens is 1. The molecule has 0 radical (unpaired) electrons. The van der Waals surface area contributed by atoms with Crippen molar-refractivity contribution >= 4 is 44.9 Å². The van der Waals surface area contributed by atoms with Crippen LogP contribution in [0.15, 0.2) is 54.6 Å². The van der Waals surface area contributed by atoms with E-state index in [-0.39, 0.29) is 30.0 Å². The smallest absolute Gasteiger partial charge is 0.274 e. The van der Waals surface area contributed by atoms with Gasteiger partial charge in [0.25, 0.3) is 5.91 Å². The predicted octanol–water partition coefficient (Wildman–Crippen LogP) is 0.247. The number of aliphatic hydroxyl groups is 7. The molecule has 1 aromatic heterocycles. The molecule has 0 aliphatic carbocycles. The van der Waals surface area contributed by atoms with Gasteiger partial charge in [-0.2, -0.15) is 0 Å². The fourth-order valence-electron chi connectivity index (χ4n) is 7.31. The number of carbonyl (C=O) groups excluding carboxylic acids is 1. The molecular formula is C38H46ClN3O13. The van der Waals surface area contributed by atoms with Gasteiger partial charge < -0.3 is 74.2 Å². The van der Waals surface area contributed by atoms with Gasteiger partial charge >= 0.3 is 0 Å². The van der Waals surface area contributed by atoms with Gasteiger partial charge in [-0.3, -0.25) is 4.79 Å². The lowest BCUT2D eigenvalue weighted by Crippen LogP contribution is -2.62. The lowest BCUT2D eigenvalue weighted by Gasteiger charge is -2.42. The summed E-state index contributed by atoms with van der Waals surface area (Å²) in [6.07, 6.45) is -15.8. The number of carbonyl (C=O) groups is 1. The van der Waals surface area contributed by atoms with Crippen molar-refractivity contribution in [2.24, 2.45) is 0 Å². The van der Waals surface area contributed by atoms with Crippen molar-refractivity contribution in [1.82, 2.24) is 9.88 Å². The third-order valence-corrected chi connectivity index (χ3v) is 10.7. The van der Waals surface area contributed by atoms with E-state index >= 15 is 0 Å². The summed E-state index contributed by atoms with van der Waals surface area (Å²) in [6.45, 7) is 0.348. The number of ether oxygens (including phenoxy) is 5. The lowest BCUT2D eigenvalue weighted by atomic mass is 9.95. The highest BCUT2D eigenvalue weighted by Gasteiger charge is 2.48. The van der Waals surface area contributed by atoms with Gasteiger partial charge in [0, 0.05) is 47.2 Å². The molecule has 0 unspecified atom stereocenters. The largest absolute Gasteiger partial charge is 0.492 e. The molecule has 0 saturated carbocycles. The van der Waals surface area contributed by atoms with Gasteiger partial charge in [-0.05, 0) is 49.3 Å². The summed E-state index contributed by atoms with van der Waals surface area (Å²) in [5.41, 5.74) is 2.48. The minimum atomic E-state index is -1.76. The highest BCUT2D eigenvalue weighted by atomic mass is 35.5. The molecule has 3 aromatic carbocycles. The number of aromatic amines is 1. The number of anilines is 1. The van der Waals surface area contributed by atoms with Gasteiger partial charge in [0.1, 0.15) is 72.6 Å². The summed E-state index contributed by atoms with van der Waals surface area (Å²) in [5, 5.41) is 75.0. The van der Waals surface area contributed by atoms with E-state index < -0.39 is 74.6 Å². The third-order valence-electron chi connectivity index (χ3n) is 10.4. The van der Waals surface area contributed by atoms with Gasteiger partial charge in [-0.1, -0.05) is 24.3 Å². The number of benzene rings is 3. The molecule has 4 heterocycles. The number of nitrogens with zero attached hydrogens (tertiary/aromatic N) is 2. The van der Waals surface area contributed by atoms with Gasteiger partial charge in [-0.15, -0.1) is 11.6 Å². The molecule has 3 aliphatic rings. The normalized spacial score (nSPS) is 31.0. The summed E-state index contributed by atoms with van der Waals surface area (Å²) in [6, 6.07) is 16.3. The van der Waals surface area contributed by atoms with E-state index in [1.54, 1.807) is 29.2 Å². The Labute approximate surface area is 320 Å².